The third-order valence-corrected chi connectivity index (χ3v) is 5.04. The zero-order chi connectivity index (χ0) is 19.1. The van der Waals surface area contributed by atoms with Gasteiger partial charge in [0, 0.05) is 44.9 Å². The van der Waals surface area contributed by atoms with E-state index in [2.05, 4.69) is 37.8 Å². The maximum Gasteiger partial charge on any atom is 0.191 e. The van der Waals surface area contributed by atoms with Gasteiger partial charge in [0.05, 0.1) is 31.5 Å². The van der Waals surface area contributed by atoms with Crippen LogP contribution in [0.1, 0.15) is 17.3 Å². The Bertz CT molecular complexity index is 745. The summed E-state index contributed by atoms with van der Waals surface area (Å²) < 4.78 is 7.37. The molecule has 1 aromatic carbocycles. The van der Waals surface area contributed by atoms with Gasteiger partial charge in [-0.1, -0.05) is 23.7 Å². The molecule has 2 N–H and O–H groups in total. The van der Waals surface area contributed by atoms with Crippen molar-refractivity contribution in [3.8, 4) is 0 Å². The van der Waals surface area contributed by atoms with Crippen molar-refractivity contribution < 1.29 is 4.74 Å². The summed E-state index contributed by atoms with van der Waals surface area (Å²) in [5.74, 6) is 0.767. The number of halogens is 2. The lowest BCUT2D eigenvalue weighted by Crippen LogP contribution is -2.46. The lowest BCUT2D eigenvalue weighted by molar-refractivity contribution is 0.0170. The number of aromatic nitrogens is 2. The van der Waals surface area contributed by atoms with Gasteiger partial charge in [-0.25, -0.2) is 0 Å². The van der Waals surface area contributed by atoms with Crippen molar-refractivity contribution in [3.63, 3.8) is 0 Å². The van der Waals surface area contributed by atoms with Crippen LogP contribution in [-0.4, -0.2) is 60.5 Å². The highest BCUT2D eigenvalue weighted by Gasteiger charge is 2.23. The van der Waals surface area contributed by atoms with E-state index in [1.54, 1.807) is 13.2 Å². The van der Waals surface area contributed by atoms with Gasteiger partial charge in [0.15, 0.2) is 5.96 Å². The predicted molar refractivity (Wildman–Crippen MR) is 123 cm³/mol. The van der Waals surface area contributed by atoms with Crippen LogP contribution in [0.15, 0.2) is 41.5 Å². The Labute approximate surface area is 188 Å². The second kappa shape index (κ2) is 11.6. The molecule has 1 aliphatic heterocycles. The number of hydrogen-bond acceptors (Lipinski definition) is 4. The smallest absolute Gasteiger partial charge is 0.191 e. The molecule has 1 saturated heterocycles. The molecule has 2 aromatic rings. The van der Waals surface area contributed by atoms with E-state index in [9.17, 15) is 0 Å². The van der Waals surface area contributed by atoms with Crippen LogP contribution >= 0.6 is 35.6 Å². The summed E-state index contributed by atoms with van der Waals surface area (Å²) in [5, 5.41) is 11.7. The number of benzene rings is 1. The van der Waals surface area contributed by atoms with Crippen molar-refractivity contribution in [1.29, 1.82) is 0 Å². The fraction of sp³-hybridized carbons (Fsp3) is 0.474. The summed E-state index contributed by atoms with van der Waals surface area (Å²) in [6.45, 7) is 4.76. The number of rotatable bonds is 6. The Morgan fingerprint density at radius 3 is 2.54 bits per heavy atom. The van der Waals surface area contributed by atoms with Crippen molar-refractivity contribution in [2.24, 2.45) is 12.0 Å². The molecule has 1 unspecified atom stereocenters. The molecule has 0 spiro atoms. The topological polar surface area (TPSA) is 66.7 Å². The summed E-state index contributed by atoms with van der Waals surface area (Å²) in [4.78, 5) is 6.78. The van der Waals surface area contributed by atoms with Crippen molar-refractivity contribution in [2.45, 2.75) is 12.6 Å². The van der Waals surface area contributed by atoms with Gasteiger partial charge in [0.25, 0.3) is 0 Å². The van der Waals surface area contributed by atoms with Crippen LogP contribution in [0.3, 0.4) is 0 Å². The van der Waals surface area contributed by atoms with Crippen LogP contribution in [0.2, 0.25) is 5.02 Å². The Morgan fingerprint density at radius 2 is 1.93 bits per heavy atom. The molecule has 0 radical (unpaired) electrons. The molecule has 0 saturated carbocycles. The molecule has 0 aliphatic carbocycles. The van der Waals surface area contributed by atoms with Gasteiger partial charge in [-0.2, -0.15) is 5.10 Å². The van der Waals surface area contributed by atoms with E-state index in [-0.39, 0.29) is 30.0 Å². The van der Waals surface area contributed by atoms with Gasteiger partial charge in [0.2, 0.25) is 0 Å². The first-order chi connectivity index (χ1) is 13.2. The van der Waals surface area contributed by atoms with E-state index in [0.717, 1.165) is 49.5 Å². The molecule has 0 bridgehead atoms. The molecule has 1 aliphatic rings. The minimum absolute atomic E-state index is 0. The summed E-state index contributed by atoms with van der Waals surface area (Å²) >= 11 is 6.07. The van der Waals surface area contributed by atoms with Crippen LogP contribution < -0.4 is 10.6 Å². The van der Waals surface area contributed by atoms with Crippen molar-refractivity contribution in [1.82, 2.24) is 25.3 Å². The number of ether oxygens (including phenoxy) is 1. The number of hydrogen-bond donors (Lipinski definition) is 2. The Kier molecular flexibility index (Phi) is 9.49. The fourth-order valence-corrected chi connectivity index (χ4v) is 3.32. The van der Waals surface area contributed by atoms with Gasteiger partial charge in [-0.3, -0.25) is 14.6 Å². The maximum absolute atomic E-state index is 6.07. The van der Waals surface area contributed by atoms with Crippen LogP contribution in [-0.2, 0) is 18.3 Å². The number of nitrogens with one attached hydrogen (secondary N) is 2. The van der Waals surface area contributed by atoms with E-state index in [4.69, 9.17) is 16.3 Å². The number of aliphatic imine (C=N–C) groups is 1. The van der Waals surface area contributed by atoms with E-state index < -0.39 is 0 Å². The first kappa shape index (κ1) is 22.9. The molecule has 9 heteroatoms. The third-order valence-electron chi connectivity index (χ3n) is 4.79. The average molecular weight is 519 g/mol. The van der Waals surface area contributed by atoms with Gasteiger partial charge in [0.1, 0.15) is 0 Å². The summed E-state index contributed by atoms with van der Waals surface area (Å²) in [6.07, 6.45) is 1.79. The number of aryl methyl sites for hydroxylation is 1. The Hall–Kier alpha value is -1.36. The first-order valence-electron chi connectivity index (χ1n) is 9.16. The average Bonchev–Trinajstić information content (AvgIpc) is 3.11. The summed E-state index contributed by atoms with van der Waals surface area (Å²) in [7, 11) is 3.72. The van der Waals surface area contributed by atoms with E-state index >= 15 is 0 Å². The molecule has 0 amide bonds. The third kappa shape index (κ3) is 6.33. The maximum atomic E-state index is 6.07. The monoisotopic (exact) mass is 518 g/mol. The fourth-order valence-electron chi connectivity index (χ4n) is 3.19. The summed E-state index contributed by atoms with van der Waals surface area (Å²) in [6, 6.07) is 10.3. The Balaban J connectivity index is 0.00000280. The quantitative estimate of drug-likeness (QED) is 0.349. The summed E-state index contributed by atoms with van der Waals surface area (Å²) in [5.41, 5.74) is 2.33. The molecule has 154 valence electrons. The van der Waals surface area contributed by atoms with Crippen LogP contribution in [0.4, 0.5) is 0 Å². The van der Waals surface area contributed by atoms with Gasteiger partial charge in [-0.05, 0) is 23.8 Å². The number of nitrogens with zero attached hydrogens (tertiary/aromatic N) is 4. The number of morpholine rings is 1. The van der Waals surface area contributed by atoms with E-state index in [1.807, 2.05) is 29.9 Å². The normalized spacial score (nSPS) is 16.3. The molecule has 1 aromatic heterocycles. The van der Waals surface area contributed by atoms with Crippen molar-refractivity contribution >= 4 is 41.5 Å². The van der Waals surface area contributed by atoms with Crippen LogP contribution in [0.25, 0.3) is 0 Å². The lowest BCUT2D eigenvalue weighted by atomic mass is 10.0. The second-order valence-corrected chi connectivity index (χ2v) is 6.90. The highest BCUT2D eigenvalue weighted by molar-refractivity contribution is 14.0. The number of guanidine groups is 1. The molecule has 1 atom stereocenters. The Morgan fingerprint density at radius 1 is 1.21 bits per heavy atom. The minimum atomic E-state index is 0. The van der Waals surface area contributed by atoms with Crippen LogP contribution in [0, 0.1) is 0 Å². The predicted octanol–water partition coefficient (Wildman–Crippen LogP) is 2.43. The molecule has 28 heavy (non-hydrogen) atoms. The molecular formula is C19H28ClIN6O. The SMILES string of the molecule is CN=C(NCc1ccnn1C)NCC(c1ccc(Cl)cc1)N1CCOCC1.I. The highest BCUT2D eigenvalue weighted by atomic mass is 127. The molecular weight excluding hydrogens is 491 g/mol. The van der Waals surface area contributed by atoms with Gasteiger partial charge >= 0.3 is 0 Å². The molecule has 2 heterocycles. The van der Waals surface area contributed by atoms with Gasteiger partial charge < -0.3 is 15.4 Å². The second-order valence-electron chi connectivity index (χ2n) is 6.47. The van der Waals surface area contributed by atoms with Crippen molar-refractivity contribution in [2.75, 3.05) is 39.9 Å². The highest BCUT2D eigenvalue weighted by Crippen LogP contribution is 2.23. The minimum Gasteiger partial charge on any atom is -0.379 e. The zero-order valence-corrected chi connectivity index (χ0v) is 19.4. The van der Waals surface area contributed by atoms with Gasteiger partial charge in [-0.15, -0.1) is 24.0 Å². The van der Waals surface area contributed by atoms with Crippen LogP contribution in [0.5, 0.6) is 0 Å². The standard InChI is InChI=1S/C19H27ClN6O.HI/c1-21-19(22-13-17-7-8-24-25(17)2)23-14-18(26-9-11-27-12-10-26)15-3-5-16(20)6-4-15;/h3-8,18H,9-14H2,1-2H3,(H2,21,22,23);1H. The zero-order valence-electron chi connectivity index (χ0n) is 16.3. The largest absolute Gasteiger partial charge is 0.379 e. The van der Waals surface area contributed by atoms with E-state index in [0.29, 0.717) is 6.54 Å². The molecule has 3 rings (SSSR count). The molecule has 1 fully saturated rings. The molecule has 7 nitrogen and oxygen atoms in total. The van der Waals surface area contributed by atoms with E-state index in [1.165, 1.54) is 5.56 Å². The first-order valence-corrected chi connectivity index (χ1v) is 9.54. The van der Waals surface area contributed by atoms with Crippen molar-refractivity contribution in [3.05, 3.63) is 52.8 Å². The lowest BCUT2D eigenvalue weighted by Gasteiger charge is -2.35.